The number of rotatable bonds is 4. The number of hydrogen-bond donors (Lipinski definition) is 1. The minimum Gasteiger partial charge on any atom is -0.370 e. The average Bonchev–Trinajstić information content (AvgIpc) is 2.15. The molecule has 0 fully saturated rings. The molecule has 6 heteroatoms. The van der Waals surface area contributed by atoms with Gasteiger partial charge in [0.1, 0.15) is 0 Å². The van der Waals surface area contributed by atoms with Crippen molar-refractivity contribution in [1.82, 2.24) is 0 Å². The first-order valence-corrected chi connectivity index (χ1v) is 4.11. The van der Waals surface area contributed by atoms with E-state index in [-0.39, 0.29) is 24.5 Å². The van der Waals surface area contributed by atoms with Crippen LogP contribution in [0.1, 0.15) is 12.0 Å². The SMILES string of the molecule is Cl.NC(=O)CCc1cccc([N+](=O)[O-])c1. The molecule has 1 amide bonds. The maximum absolute atomic E-state index is 10.5. The first kappa shape index (κ1) is 13.4. The van der Waals surface area contributed by atoms with E-state index in [1.54, 1.807) is 12.1 Å². The number of amides is 1. The number of aryl methyl sites for hydroxylation is 1. The number of carbonyl (C=O) groups excluding carboxylic acids is 1. The van der Waals surface area contributed by atoms with Crippen LogP contribution in [0.25, 0.3) is 0 Å². The van der Waals surface area contributed by atoms with Gasteiger partial charge in [-0.1, -0.05) is 12.1 Å². The van der Waals surface area contributed by atoms with Crippen LogP contribution in [0, 0.1) is 10.1 Å². The Morgan fingerprint density at radius 3 is 2.67 bits per heavy atom. The molecule has 0 radical (unpaired) electrons. The third-order valence-electron chi connectivity index (χ3n) is 1.78. The highest BCUT2D eigenvalue weighted by molar-refractivity contribution is 5.85. The maximum atomic E-state index is 10.5. The summed E-state index contributed by atoms with van der Waals surface area (Å²) in [7, 11) is 0. The summed E-state index contributed by atoms with van der Waals surface area (Å²) in [5.41, 5.74) is 5.75. The van der Waals surface area contributed by atoms with E-state index in [1.165, 1.54) is 12.1 Å². The van der Waals surface area contributed by atoms with E-state index in [1.807, 2.05) is 0 Å². The van der Waals surface area contributed by atoms with Gasteiger partial charge in [-0.2, -0.15) is 0 Å². The second-order valence-corrected chi connectivity index (χ2v) is 2.89. The van der Waals surface area contributed by atoms with Crippen molar-refractivity contribution in [2.24, 2.45) is 5.73 Å². The molecular weight excluding hydrogens is 220 g/mol. The van der Waals surface area contributed by atoms with Crippen molar-refractivity contribution in [1.29, 1.82) is 0 Å². The largest absolute Gasteiger partial charge is 0.370 e. The van der Waals surface area contributed by atoms with Gasteiger partial charge in [0.05, 0.1) is 4.92 Å². The smallest absolute Gasteiger partial charge is 0.269 e. The highest BCUT2D eigenvalue weighted by Gasteiger charge is 2.05. The van der Waals surface area contributed by atoms with Gasteiger partial charge in [-0.3, -0.25) is 14.9 Å². The molecule has 0 aliphatic carbocycles. The second kappa shape index (κ2) is 5.98. The summed E-state index contributed by atoms with van der Waals surface area (Å²) >= 11 is 0. The number of benzene rings is 1. The number of carbonyl (C=O) groups is 1. The molecule has 5 nitrogen and oxygen atoms in total. The van der Waals surface area contributed by atoms with Gasteiger partial charge in [0.2, 0.25) is 5.91 Å². The fourth-order valence-electron chi connectivity index (χ4n) is 1.09. The van der Waals surface area contributed by atoms with Gasteiger partial charge in [0, 0.05) is 18.6 Å². The quantitative estimate of drug-likeness (QED) is 0.627. The predicted molar refractivity (Wildman–Crippen MR) is 57.9 cm³/mol. The van der Waals surface area contributed by atoms with Crippen molar-refractivity contribution in [2.45, 2.75) is 12.8 Å². The Bertz CT molecular complexity index is 368. The van der Waals surface area contributed by atoms with Crippen LogP contribution in [-0.2, 0) is 11.2 Å². The zero-order valence-electron chi connectivity index (χ0n) is 7.88. The third kappa shape index (κ3) is 4.42. The minimum absolute atomic E-state index is 0. The molecule has 2 N–H and O–H groups in total. The van der Waals surface area contributed by atoms with Crippen molar-refractivity contribution in [2.75, 3.05) is 0 Å². The van der Waals surface area contributed by atoms with Crippen LogP contribution in [0.2, 0.25) is 0 Å². The summed E-state index contributed by atoms with van der Waals surface area (Å²) in [4.78, 5) is 20.4. The lowest BCUT2D eigenvalue weighted by molar-refractivity contribution is -0.384. The van der Waals surface area contributed by atoms with E-state index in [9.17, 15) is 14.9 Å². The van der Waals surface area contributed by atoms with Crippen molar-refractivity contribution >= 4 is 24.0 Å². The Labute approximate surface area is 92.8 Å². The van der Waals surface area contributed by atoms with Crippen LogP contribution < -0.4 is 5.73 Å². The van der Waals surface area contributed by atoms with Gasteiger partial charge < -0.3 is 5.73 Å². The Morgan fingerprint density at radius 1 is 1.47 bits per heavy atom. The molecule has 0 unspecified atom stereocenters. The van der Waals surface area contributed by atoms with E-state index >= 15 is 0 Å². The molecule has 0 saturated heterocycles. The number of hydrogen-bond acceptors (Lipinski definition) is 3. The van der Waals surface area contributed by atoms with E-state index in [0.717, 1.165) is 5.56 Å². The van der Waals surface area contributed by atoms with Crippen LogP contribution >= 0.6 is 12.4 Å². The van der Waals surface area contributed by atoms with Gasteiger partial charge in [-0.25, -0.2) is 0 Å². The summed E-state index contributed by atoms with van der Waals surface area (Å²) in [5, 5.41) is 10.4. The Hall–Kier alpha value is -1.62. The molecule has 15 heavy (non-hydrogen) atoms. The van der Waals surface area contributed by atoms with Gasteiger partial charge in [-0.15, -0.1) is 12.4 Å². The Kier molecular flexibility index (Phi) is 5.33. The van der Waals surface area contributed by atoms with Gasteiger partial charge >= 0.3 is 0 Å². The molecule has 0 spiro atoms. The molecule has 1 aromatic carbocycles. The number of primary amides is 1. The molecule has 0 atom stereocenters. The lowest BCUT2D eigenvalue weighted by Gasteiger charge is -1.98. The summed E-state index contributed by atoms with van der Waals surface area (Å²) in [6.07, 6.45) is 0.651. The van der Waals surface area contributed by atoms with Crippen molar-refractivity contribution in [3.63, 3.8) is 0 Å². The molecule has 1 aromatic rings. The summed E-state index contributed by atoms with van der Waals surface area (Å²) in [5.74, 6) is -0.406. The van der Waals surface area contributed by atoms with Crippen LogP contribution in [0.5, 0.6) is 0 Å². The van der Waals surface area contributed by atoms with E-state index in [0.29, 0.717) is 6.42 Å². The van der Waals surface area contributed by atoms with Crippen LogP contribution in [0.4, 0.5) is 5.69 Å². The summed E-state index contributed by atoms with van der Waals surface area (Å²) < 4.78 is 0. The molecule has 0 bridgehead atoms. The third-order valence-corrected chi connectivity index (χ3v) is 1.78. The molecule has 0 saturated carbocycles. The van der Waals surface area contributed by atoms with Gasteiger partial charge in [0.15, 0.2) is 0 Å². The van der Waals surface area contributed by atoms with Crippen LogP contribution in [-0.4, -0.2) is 10.8 Å². The van der Waals surface area contributed by atoms with Crippen molar-refractivity contribution in [3.8, 4) is 0 Å². The van der Waals surface area contributed by atoms with Crippen molar-refractivity contribution in [3.05, 3.63) is 39.9 Å². The maximum Gasteiger partial charge on any atom is 0.269 e. The number of halogens is 1. The molecule has 1 rings (SSSR count). The second-order valence-electron chi connectivity index (χ2n) is 2.89. The topological polar surface area (TPSA) is 86.2 Å². The van der Waals surface area contributed by atoms with Gasteiger partial charge in [-0.05, 0) is 12.0 Å². The van der Waals surface area contributed by atoms with Crippen molar-refractivity contribution < 1.29 is 9.72 Å². The lowest BCUT2D eigenvalue weighted by atomic mass is 10.1. The number of nitrogens with zero attached hydrogens (tertiary/aromatic N) is 1. The van der Waals surface area contributed by atoms with Crippen LogP contribution in [0.15, 0.2) is 24.3 Å². The molecule has 82 valence electrons. The summed E-state index contributed by atoms with van der Waals surface area (Å²) in [6.45, 7) is 0. The fourth-order valence-corrected chi connectivity index (χ4v) is 1.09. The number of non-ortho nitro benzene ring substituents is 1. The Balaban J connectivity index is 0.00000196. The van der Waals surface area contributed by atoms with E-state index < -0.39 is 10.8 Å². The number of nitrogens with two attached hydrogens (primary N) is 1. The average molecular weight is 231 g/mol. The van der Waals surface area contributed by atoms with E-state index in [4.69, 9.17) is 5.73 Å². The highest BCUT2D eigenvalue weighted by atomic mass is 35.5. The number of nitro groups is 1. The first-order chi connectivity index (χ1) is 6.59. The zero-order valence-corrected chi connectivity index (χ0v) is 8.70. The zero-order chi connectivity index (χ0) is 10.6. The molecular formula is C9H11ClN2O3. The molecule has 0 aromatic heterocycles. The summed E-state index contributed by atoms with van der Waals surface area (Å²) in [6, 6.07) is 6.18. The van der Waals surface area contributed by atoms with Gasteiger partial charge in [0.25, 0.3) is 5.69 Å². The van der Waals surface area contributed by atoms with E-state index in [2.05, 4.69) is 0 Å². The molecule has 0 aliphatic rings. The monoisotopic (exact) mass is 230 g/mol. The normalized spacial score (nSPS) is 9.07. The fraction of sp³-hybridized carbons (Fsp3) is 0.222. The molecule has 0 aliphatic heterocycles. The highest BCUT2D eigenvalue weighted by Crippen LogP contribution is 2.13. The Morgan fingerprint density at radius 2 is 2.13 bits per heavy atom. The minimum atomic E-state index is -0.465. The standard InChI is InChI=1S/C9H10N2O3.ClH/c10-9(12)5-4-7-2-1-3-8(6-7)11(13)14;/h1-3,6H,4-5H2,(H2,10,12);1H. The first-order valence-electron chi connectivity index (χ1n) is 4.11. The van der Waals surface area contributed by atoms with Crippen LogP contribution in [0.3, 0.4) is 0 Å². The lowest BCUT2D eigenvalue weighted by Crippen LogP contribution is -2.11. The molecule has 0 heterocycles. The predicted octanol–water partition coefficient (Wildman–Crippen LogP) is 1.43. The number of nitro benzene ring substituents is 1.